The number of rotatable bonds is 7. The van der Waals surface area contributed by atoms with Gasteiger partial charge in [-0.05, 0) is 69.0 Å². The second-order valence-corrected chi connectivity index (χ2v) is 8.40. The number of benzene rings is 1. The van der Waals surface area contributed by atoms with Gasteiger partial charge in [0.1, 0.15) is 5.75 Å². The average Bonchev–Trinajstić information content (AvgIpc) is 2.77. The van der Waals surface area contributed by atoms with Crippen LogP contribution < -0.4 is 15.0 Å². The Labute approximate surface area is 200 Å². The number of likely N-dealkylation sites (tertiary alicyclic amines) is 1. The number of nitrogens with zero attached hydrogens (tertiary/aromatic N) is 4. The van der Waals surface area contributed by atoms with Crippen molar-refractivity contribution in [1.82, 2.24) is 15.1 Å². The van der Waals surface area contributed by atoms with Crippen LogP contribution in [0.15, 0.2) is 29.3 Å². The molecule has 0 spiro atoms. The summed E-state index contributed by atoms with van der Waals surface area (Å²) in [4.78, 5) is 12.0. The zero-order chi connectivity index (χ0) is 20.5. The van der Waals surface area contributed by atoms with Crippen LogP contribution in [0.4, 0.5) is 5.69 Å². The summed E-state index contributed by atoms with van der Waals surface area (Å²) in [6.07, 6.45) is 5.24. The molecule has 2 aliphatic rings. The first-order valence-corrected chi connectivity index (χ1v) is 11.3. The molecule has 1 N–H and O–H groups in total. The van der Waals surface area contributed by atoms with Crippen LogP contribution in [0, 0.1) is 5.92 Å². The van der Waals surface area contributed by atoms with Crippen LogP contribution in [0.2, 0.25) is 0 Å². The Kier molecular flexibility index (Phi) is 11.1. The van der Waals surface area contributed by atoms with Gasteiger partial charge in [0.2, 0.25) is 0 Å². The quantitative estimate of drug-likeness (QED) is 0.254. The van der Waals surface area contributed by atoms with E-state index in [0.717, 1.165) is 50.4 Å². The molecule has 1 aromatic carbocycles. The van der Waals surface area contributed by atoms with Crippen molar-refractivity contribution in [3.05, 3.63) is 24.3 Å². The molecule has 0 aliphatic carbocycles. The molecule has 0 aromatic heterocycles. The van der Waals surface area contributed by atoms with E-state index in [-0.39, 0.29) is 24.0 Å². The summed E-state index contributed by atoms with van der Waals surface area (Å²) in [6.45, 7) is 11.2. The van der Waals surface area contributed by atoms with E-state index in [1.165, 1.54) is 51.0 Å². The van der Waals surface area contributed by atoms with E-state index in [1.54, 1.807) is 7.11 Å². The van der Waals surface area contributed by atoms with Crippen LogP contribution >= 0.6 is 24.0 Å². The lowest BCUT2D eigenvalue weighted by molar-refractivity contribution is 0.181. The molecule has 2 heterocycles. The average molecular weight is 530 g/mol. The van der Waals surface area contributed by atoms with Gasteiger partial charge in [0.15, 0.2) is 5.96 Å². The Morgan fingerprint density at radius 1 is 1.10 bits per heavy atom. The van der Waals surface area contributed by atoms with Gasteiger partial charge in [-0.2, -0.15) is 0 Å². The number of halogens is 1. The van der Waals surface area contributed by atoms with Crippen LogP contribution in [0.3, 0.4) is 0 Å². The Morgan fingerprint density at radius 2 is 1.83 bits per heavy atom. The maximum Gasteiger partial charge on any atom is 0.193 e. The molecule has 1 unspecified atom stereocenters. The topological polar surface area (TPSA) is 43.3 Å². The van der Waals surface area contributed by atoms with E-state index < -0.39 is 0 Å². The minimum Gasteiger partial charge on any atom is -0.497 e. The fourth-order valence-electron chi connectivity index (χ4n) is 4.45. The van der Waals surface area contributed by atoms with Gasteiger partial charge in [0.25, 0.3) is 0 Å². The van der Waals surface area contributed by atoms with Crippen molar-refractivity contribution in [1.29, 1.82) is 0 Å². The zero-order valence-corrected chi connectivity index (χ0v) is 21.3. The third-order valence-corrected chi connectivity index (χ3v) is 6.15. The molecule has 0 bridgehead atoms. The number of ether oxygens (including phenoxy) is 1. The highest BCUT2D eigenvalue weighted by Crippen LogP contribution is 2.20. The molecule has 30 heavy (non-hydrogen) atoms. The van der Waals surface area contributed by atoms with Gasteiger partial charge >= 0.3 is 0 Å². The highest BCUT2D eigenvalue weighted by molar-refractivity contribution is 14.0. The summed E-state index contributed by atoms with van der Waals surface area (Å²) in [5.41, 5.74) is 1.26. The monoisotopic (exact) mass is 529 g/mol. The lowest BCUT2D eigenvalue weighted by Crippen LogP contribution is -2.52. The van der Waals surface area contributed by atoms with Gasteiger partial charge in [-0.3, -0.25) is 4.99 Å². The molecule has 0 amide bonds. The minimum atomic E-state index is 0. The number of nitrogens with one attached hydrogen (secondary N) is 1. The summed E-state index contributed by atoms with van der Waals surface area (Å²) in [5, 5.41) is 3.58. The number of methoxy groups -OCH3 is 1. The summed E-state index contributed by atoms with van der Waals surface area (Å²) in [7, 11) is 3.60. The van der Waals surface area contributed by atoms with Gasteiger partial charge in [0.05, 0.1) is 7.11 Å². The number of aliphatic imine (C=N–C) groups is 1. The Balaban J connectivity index is 0.00000320. The highest BCUT2D eigenvalue weighted by atomic mass is 127. The highest BCUT2D eigenvalue weighted by Gasteiger charge is 2.20. The van der Waals surface area contributed by atoms with Gasteiger partial charge < -0.3 is 24.8 Å². The van der Waals surface area contributed by atoms with Gasteiger partial charge in [-0.25, -0.2) is 0 Å². The third kappa shape index (κ3) is 7.48. The van der Waals surface area contributed by atoms with Crippen molar-refractivity contribution in [3.8, 4) is 5.75 Å². The fraction of sp³-hybridized carbons (Fsp3) is 0.696. The predicted octanol–water partition coefficient (Wildman–Crippen LogP) is 3.52. The first-order valence-electron chi connectivity index (χ1n) is 11.3. The van der Waals surface area contributed by atoms with Gasteiger partial charge in [-0.15, -0.1) is 24.0 Å². The second-order valence-electron chi connectivity index (χ2n) is 8.40. The molecule has 170 valence electrons. The van der Waals surface area contributed by atoms with Crippen molar-refractivity contribution in [2.24, 2.45) is 10.9 Å². The zero-order valence-electron chi connectivity index (χ0n) is 19.0. The van der Waals surface area contributed by atoms with Crippen molar-refractivity contribution in [2.45, 2.75) is 32.6 Å². The van der Waals surface area contributed by atoms with Crippen molar-refractivity contribution >= 4 is 35.6 Å². The first kappa shape index (κ1) is 25.0. The lowest BCUT2D eigenvalue weighted by Gasteiger charge is -2.37. The first-order chi connectivity index (χ1) is 14.2. The Hall–Kier alpha value is -1.22. The summed E-state index contributed by atoms with van der Waals surface area (Å²) < 4.78 is 5.26. The summed E-state index contributed by atoms with van der Waals surface area (Å²) in [5.74, 6) is 2.83. The number of unbranched alkanes of at least 4 members (excludes halogenated alkanes) is 1. The third-order valence-electron chi connectivity index (χ3n) is 6.15. The number of anilines is 1. The van der Waals surface area contributed by atoms with Crippen molar-refractivity contribution < 1.29 is 4.74 Å². The second kappa shape index (κ2) is 13.2. The van der Waals surface area contributed by atoms with E-state index in [2.05, 4.69) is 44.1 Å². The van der Waals surface area contributed by atoms with E-state index in [9.17, 15) is 0 Å². The minimum absolute atomic E-state index is 0. The predicted molar refractivity (Wildman–Crippen MR) is 138 cm³/mol. The molecule has 2 saturated heterocycles. The van der Waals surface area contributed by atoms with Crippen molar-refractivity contribution in [2.75, 3.05) is 71.4 Å². The molecule has 0 radical (unpaired) electrons. The normalized spacial score (nSPS) is 20.6. The SMILES string of the molecule is CN=C(NCCCCN1CCCC(C)C1)N1CCN(c2ccc(OC)cc2)CC1.I. The molecule has 6 nitrogen and oxygen atoms in total. The van der Waals surface area contributed by atoms with Crippen LogP contribution in [-0.4, -0.2) is 82.3 Å². The summed E-state index contributed by atoms with van der Waals surface area (Å²) in [6, 6.07) is 8.36. The molecule has 2 fully saturated rings. The molecule has 0 saturated carbocycles. The van der Waals surface area contributed by atoms with Crippen LogP contribution in [0.5, 0.6) is 5.75 Å². The van der Waals surface area contributed by atoms with Gasteiger partial charge in [0, 0.05) is 52.0 Å². The smallest absolute Gasteiger partial charge is 0.193 e. The number of guanidine groups is 1. The lowest BCUT2D eigenvalue weighted by atomic mass is 10.0. The molecule has 2 aliphatic heterocycles. The molecular weight excluding hydrogens is 489 g/mol. The van der Waals surface area contributed by atoms with E-state index in [1.807, 2.05) is 19.2 Å². The number of piperazine rings is 1. The van der Waals surface area contributed by atoms with E-state index >= 15 is 0 Å². The van der Waals surface area contributed by atoms with Crippen LogP contribution in [0.25, 0.3) is 0 Å². The molecule has 7 heteroatoms. The molecule has 1 atom stereocenters. The number of hydrogen-bond acceptors (Lipinski definition) is 4. The fourth-order valence-corrected chi connectivity index (χ4v) is 4.45. The molecule has 3 rings (SSSR count). The standard InChI is InChI=1S/C23H39N5O.HI/c1-20-7-6-14-26(19-20)13-5-4-12-25-23(24-2)28-17-15-27(16-18-28)21-8-10-22(29-3)11-9-21;/h8-11,20H,4-7,12-19H2,1-3H3,(H,24,25);1H. The maximum absolute atomic E-state index is 5.26. The Bertz CT molecular complexity index is 631. The number of piperidine rings is 1. The van der Waals surface area contributed by atoms with Crippen LogP contribution in [-0.2, 0) is 0 Å². The Morgan fingerprint density at radius 3 is 2.47 bits per heavy atom. The van der Waals surface area contributed by atoms with Crippen molar-refractivity contribution in [3.63, 3.8) is 0 Å². The largest absolute Gasteiger partial charge is 0.497 e. The van der Waals surface area contributed by atoms with Gasteiger partial charge in [-0.1, -0.05) is 6.92 Å². The summed E-state index contributed by atoms with van der Waals surface area (Å²) >= 11 is 0. The van der Waals surface area contributed by atoms with Crippen LogP contribution in [0.1, 0.15) is 32.6 Å². The number of hydrogen-bond donors (Lipinski definition) is 1. The van der Waals surface area contributed by atoms with E-state index in [4.69, 9.17) is 4.74 Å². The molecular formula is C23H40IN5O. The van der Waals surface area contributed by atoms with E-state index in [0.29, 0.717) is 0 Å². The molecule has 1 aromatic rings. The maximum atomic E-state index is 5.26.